The number of carbonyl (C=O) groups is 2. The molecule has 0 saturated carbocycles. The quantitative estimate of drug-likeness (QED) is 0.769. The van der Waals surface area contributed by atoms with Crippen LogP contribution in [0.5, 0.6) is 0 Å². The van der Waals surface area contributed by atoms with Crippen molar-refractivity contribution in [3.8, 4) is 0 Å². The summed E-state index contributed by atoms with van der Waals surface area (Å²) < 4.78 is 43.9. The van der Waals surface area contributed by atoms with Crippen LogP contribution in [-0.2, 0) is 33.3 Å². The lowest BCUT2D eigenvalue weighted by atomic mass is 9.86. The second-order valence-electron chi connectivity index (χ2n) is 6.10. The summed E-state index contributed by atoms with van der Waals surface area (Å²) in [6.07, 6.45) is -4.15. The van der Waals surface area contributed by atoms with Gasteiger partial charge in [-0.3, -0.25) is 14.7 Å². The summed E-state index contributed by atoms with van der Waals surface area (Å²) in [6.45, 7) is -0.551. The Balaban J connectivity index is 1.57. The van der Waals surface area contributed by atoms with E-state index < -0.39 is 36.3 Å². The van der Waals surface area contributed by atoms with Crippen LogP contribution in [-0.4, -0.2) is 28.7 Å². The van der Waals surface area contributed by atoms with Crippen LogP contribution in [0.25, 0.3) is 0 Å². The number of amides is 1. The number of H-pyrrole nitrogens is 1. The van der Waals surface area contributed by atoms with E-state index in [1.54, 1.807) is 24.3 Å². The first-order valence-corrected chi connectivity index (χ1v) is 8.48. The Morgan fingerprint density at radius 3 is 2.78 bits per heavy atom. The van der Waals surface area contributed by atoms with E-state index in [9.17, 15) is 22.8 Å². The summed E-state index contributed by atoms with van der Waals surface area (Å²) in [5.41, 5.74) is -0.277. The smallest absolute Gasteiger partial charge is 0.435 e. The van der Waals surface area contributed by atoms with E-state index in [1.165, 1.54) is 0 Å². The predicted octanol–water partition coefficient (Wildman–Crippen LogP) is 3.37. The molecule has 2 N–H and O–H groups in total. The Kier molecular flexibility index (Phi) is 5.41. The van der Waals surface area contributed by atoms with Crippen LogP contribution in [0.2, 0.25) is 5.02 Å². The van der Waals surface area contributed by atoms with Gasteiger partial charge in [0.05, 0.1) is 16.6 Å². The van der Waals surface area contributed by atoms with Crippen molar-refractivity contribution in [2.24, 2.45) is 5.92 Å². The predicted molar refractivity (Wildman–Crippen MR) is 90.1 cm³/mol. The van der Waals surface area contributed by atoms with Gasteiger partial charge in [-0.1, -0.05) is 23.7 Å². The van der Waals surface area contributed by atoms with Crippen LogP contribution in [0, 0.1) is 5.92 Å². The minimum atomic E-state index is -4.59. The molecule has 1 atom stereocenters. The molecule has 0 radical (unpaired) electrons. The average Bonchev–Trinajstić information content (AvgIpc) is 3.05. The number of aromatic nitrogens is 2. The van der Waals surface area contributed by atoms with E-state index in [-0.39, 0.29) is 18.4 Å². The van der Waals surface area contributed by atoms with E-state index in [2.05, 4.69) is 15.5 Å². The number of ether oxygens (including phenoxy) is 1. The van der Waals surface area contributed by atoms with E-state index in [0.29, 0.717) is 22.8 Å². The maximum atomic E-state index is 13.0. The molecule has 1 heterocycles. The summed E-state index contributed by atoms with van der Waals surface area (Å²) in [4.78, 5) is 24.1. The van der Waals surface area contributed by atoms with Gasteiger partial charge in [0, 0.05) is 11.3 Å². The number of anilines is 1. The van der Waals surface area contributed by atoms with E-state index in [0.717, 1.165) is 0 Å². The molecule has 1 aromatic carbocycles. The SMILES string of the molecule is O=C(COC(=O)[C@@H]1CCc2[nH]nc(C(F)(F)F)c2C1)Nc1ccccc1Cl. The number of hydrogen-bond donors (Lipinski definition) is 2. The van der Waals surface area contributed by atoms with Crippen molar-refractivity contribution in [1.29, 1.82) is 0 Å². The second kappa shape index (κ2) is 7.59. The molecule has 0 saturated heterocycles. The Morgan fingerprint density at radius 2 is 2.07 bits per heavy atom. The third-order valence-electron chi connectivity index (χ3n) is 4.24. The number of aromatic amines is 1. The largest absolute Gasteiger partial charge is 0.455 e. The van der Waals surface area contributed by atoms with E-state index in [1.807, 2.05) is 0 Å². The number of nitrogens with one attached hydrogen (secondary N) is 2. The number of carbonyl (C=O) groups excluding carboxylic acids is 2. The molecule has 1 aliphatic rings. The first-order valence-electron chi connectivity index (χ1n) is 8.10. The van der Waals surface area contributed by atoms with Crippen LogP contribution in [0.4, 0.5) is 18.9 Å². The summed E-state index contributed by atoms with van der Waals surface area (Å²) in [5.74, 6) is -2.07. The van der Waals surface area contributed by atoms with E-state index in [4.69, 9.17) is 16.3 Å². The molecule has 0 bridgehead atoms. The second-order valence-corrected chi connectivity index (χ2v) is 6.51. The molecular weight excluding hydrogens is 387 g/mol. The number of aryl methyl sites for hydroxylation is 1. The molecule has 27 heavy (non-hydrogen) atoms. The average molecular weight is 402 g/mol. The number of benzene rings is 1. The first kappa shape index (κ1) is 19.2. The zero-order chi connectivity index (χ0) is 19.6. The number of nitrogens with zero attached hydrogens (tertiary/aromatic N) is 1. The maximum Gasteiger partial charge on any atom is 0.435 e. The van der Waals surface area contributed by atoms with Gasteiger partial charge in [0.1, 0.15) is 0 Å². The number of esters is 1. The molecular formula is C17H15ClF3N3O3. The minimum Gasteiger partial charge on any atom is -0.455 e. The highest BCUT2D eigenvalue weighted by atomic mass is 35.5. The van der Waals surface area contributed by atoms with Gasteiger partial charge < -0.3 is 10.1 Å². The molecule has 2 aromatic rings. The highest BCUT2D eigenvalue weighted by molar-refractivity contribution is 6.33. The van der Waals surface area contributed by atoms with Gasteiger partial charge in [-0.25, -0.2) is 0 Å². The highest BCUT2D eigenvalue weighted by Crippen LogP contribution is 2.36. The van der Waals surface area contributed by atoms with Crippen LogP contribution < -0.4 is 5.32 Å². The monoisotopic (exact) mass is 401 g/mol. The van der Waals surface area contributed by atoms with Crippen LogP contribution in [0.15, 0.2) is 24.3 Å². The van der Waals surface area contributed by atoms with Gasteiger partial charge in [-0.2, -0.15) is 18.3 Å². The Labute approximate surface area is 157 Å². The summed E-state index contributed by atoms with van der Waals surface area (Å²) >= 11 is 5.92. The fourth-order valence-electron chi connectivity index (χ4n) is 2.93. The fraction of sp³-hybridized carbons (Fsp3) is 0.353. The molecule has 10 heteroatoms. The number of hydrogen-bond acceptors (Lipinski definition) is 4. The highest BCUT2D eigenvalue weighted by Gasteiger charge is 2.40. The van der Waals surface area contributed by atoms with Crippen LogP contribution in [0.1, 0.15) is 23.4 Å². The number of halogens is 4. The van der Waals surface area contributed by atoms with Gasteiger partial charge in [0.2, 0.25) is 0 Å². The van der Waals surface area contributed by atoms with Gasteiger partial charge in [0.15, 0.2) is 12.3 Å². The molecule has 1 aromatic heterocycles. The molecule has 1 amide bonds. The summed E-state index contributed by atoms with van der Waals surface area (Å²) in [5, 5.41) is 8.52. The number of para-hydroxylation sites is 1. The van der Waals surface area contributed by atoms with Crippen molar-refractivity contribution < 1.29 is 27.5 Å². The maximum absolute atomic E-state index is 13.0. The third-order valence-corrected chi connectivity index (χ3v) is 4.57. The van der Waals surface area contributed by atoms with Crippen molar-refractivity contribution in [3.63, 3.8) is 0 Å². The van der Waals surface area contributed by atoms with Gasteiger partial charge in [-0.15, -0.1) is 0 Å². The van der Waals surface area contributed by atoms with Crippen LogP contribution >= 0.6 is 11.6 Å². The van der Waals surface area contributed by atoms with Crippen molar-refractivity contribution in [2.75, 3.05) is 11.9 Å². The van der Waals surface area contributed by atoms with Gasteiger partial charge in [-0.05, 0) is 31.4 Å². The van der Waals surface area contributed by atoms with Crippen molar-refractivity contribution in [3.05, 3.63) is 46.2 Å². The fourth-order valence-corrected chi connectivity index (χ4v) is 3.12. The summed E-state index contributed by atoms with van der Waals surface area (Å²) in [6, 6.07) is 6.55. The lowest BCUT2D eigenvalue weighted by Gasteiger charge is -2.21. The van der Waals surface area contributed by atoms with Crippen molar-refractivity contribution >= 4 is 29.2 Å². The number of alkyl halides is 3. The van der Waals surface area contributed by atoms with Gasteiger partial charge >= 0.3 is 12.1 Å². The molecule has 6 nitrogen and oxygen atoms in total. The lowest BCUT2D eigenvalue weighted by molar-refractivity contribution is -0.152. The van der Waals surface area contributed by atoms with E-state index >= 15 is 0 Å². The normalized spacial score (nSPS) is 16.5. The molecule has 0 fully saturated rings. The number of rotatable bonds is 4. The Morgan fingerprint density at radius 1 is 1.33 bits per heavy atom. The molecule has 1 aliphatic carbocycles. The molecule has 0 unspecified atom stereocenters. The molecule has 0 aliphatic heterocycles. The minimum absolute atomic E-state index is 0.0174. The van der Waals surface area contributed by atoms with Crippen LogP contribution in [0.3, 0.4) is 0 Å². The Hall–Kier alpha value is -2.55. The Bertz CT molecular complexity index is 867. The molecule has 3 rings (SSSR count). The number of fused-ring (bicyclic) bond motifs is 1. The zero-order valence-electron chi connectivity index (χ0n) is 13.9. The lowest BCUT2D eigenvalue weighted by Crippen LogP contribution is -2.29. The van der Waals surface area contributed by atoms with Gasteiger partial charge in [0.25, 0.3) is 5.91 Å². The topological polar surface area (TPSA) is 84.1 Å². The molecule has 0 spiro atoms. The summed E-state index contributed by atoms with van der Waals surface area (Å²) in [7, 11) is 0. The third kappa shape index (κ3) is 4.41. The zero-order valence-corrected chi connectivity index (χ0v) is 14.7. The van der Waals surface area contributed by atoms with Crippen molar-refractivity contribution in [2.45, 2.75) is 25.4 Å². The molecule has 144 valence electrons. The van der Waals surface area contributed by atoms with Crippen molar-refractivity contribution in [1.82, 2.24) is 10.2 Å². The first-order chi connectivity index (χ1) is 12.8. The standard InChI is InChI=1S/C17H15ClF3N3O3/c18-11-3-1-2-4-13(11)22-14(25)8-27-16(26)9-5-6-12-10(7-9)15(24-23-12)17(19,20)21/h1-4,9H,5-8H2,(H,22,25)(H,23,24)/t9-/m1/s1.